The quantitative estimate of drug-likeness (QED) is 0.528. The normalized spacial score (nSPS) is 37.7. The minimum atomic E-state index is -0.264. The maximum Gasteiger partial charge on any atom is 0.407 e. The lowest BCUT2D eigenvalue weighted by Crippen LogP contribution is -2.35. The van der Waals surface area contributed by atoms with E-state index in [1.54, 1.807) is 0 Å². The maximum atomic E-state index is 10.8. The molecule has 0 aromatic heterocycles. The van der Waals surface area contributed by atoms with Gasteiger partial charge in [0, 0.05) is 19.5 Å². The van der Waals surface area contributed by atoms with E-state index in [1.165, 1.54) is 0 Å². The Bertz CT molecular complexity index is 195. The third kappa shape index (κ3) is 1.07. The highest BCUT2D eigenvalue weighted by Gasteiger charge is 2.44. The molecule has 2 fully saturated rings. The van der Waals surface area contributed by atoms with Crippen molar-refractivity contribution in [3.05, 3.63) is 0 Å². The number of carbonyl (C=O) groups excluding carboxylic acids is 1. The Hall–Kier alpha value is -0.770. The van der Waals surface area contributed by atoms with Crippen molar-refractivity contribution in [2.24, 2.45) is 0 Å². The average molecular weight is 156 g/mol. The van der Waals surface area contributed by atoms with Crippen LogP contribution in [-0.2, 0) is 4.74 Å². The van der Waals surface area contributed by atoms with Crippen molar-refractivity contribution in [3.8, 4) is 0 Å². The molecule has 0 bridgehead atoms. The van der Waals surface area contributed by atoms with E-state index in [1.807, 2.05) is 7.05 Å². The summed E-state index contributed by atoms with van der Waals surface area (Å²) in [6.45, 7) is 2.57. The van der Waals surface area contributed by atoms with Gasteiger partial charge in [-0.25, -0.2) is 4.79 Å². The second kappa shape index (κ2) is 2.11. The zero-order valence-electron chi connectivity index (χ0n) is 6.59. The lowest BCUT2D eigenvalue weighted by molar-refractivity contribution is 0.0658. The molecular formula is C7H12N2O2. The number of hydrogen-bond donors (Lipinski definition) is 1. The lowest BCUT2D eigenvalue weighted by atomic mass is 10.0. The molecule has 0 saturated carbocycles. The van der Waals surface area contributed by atoms with E-state index in [0.29, 0.717) is 6.54 Å². The molecule has 4 heteroatoms. The highest BCUT2D eigenvalue weighted by atomic mass is 16.6. The molecule has 2 rings (SSSR count). The van der Waals surface area contributed by atoms with Crippen LogP contribution in [0.25, 0.3) is 0 Å². The molecule has 62 valence electrons. The summed E-state index contributed by atoms with van der Waals surface area (Å²) in [6.07, 6.45) is 0.697. The van der Waals surface area contributed by atoms with Gasteiger partial charge in [-0.1, -0.05) is 0 Å². The second-order valence-corrected chi connectivity index (χ2v) is 3.41. The molecule has 11 heavy (non-hydrogen) atoms. The Kier molecular flexibility index (Phi) is 1.32. The molecule has 0 aromatic carbocycles. The van der Waals surface area contributed by atoms with Gasteiger partial charge >= 0.3 is 6.09 Å². The second-order valence-electron chi connectivity index (χ2n) is 3.41. The fourth-order valence-electron chi connectivity index (χ4n) is 1.77. The summed E-state index contributed by atoms with van der Waals surface area (Å²) in [5.41, 5.74) is -0.203. The Labute approximate surface area is 65.5 Å². The smallest absolute Gasteiger partial charge is 0.407 e. The van der Waals surface area contributed by atoms with E-state index in [9.17, 15) is 4.79 Å². The number of amides is 1. The highest BCUT2D eigenvalue weighted by Crippen LogP contribution is 2.26. The highest BCUT2D eigenvalue weighted by molar-refractivity contribution is 5.70. The summed E-state index contributed by atoms with van der Waals surface area (Å²) in [6, 6.07) is 0. The number of alkyl carbamates (subject to hydrolysis) is 1. The van der Waals surface area contributed by atoms with Crippen molar-refractivity contribution in [1.29, 1.82) is 0 Å². The Morgan fingerprint density at radius 3 is 3.00 bits per heavy atom. The van der Waals surface area contributed by atoms with Crippen LogP contribution in [0.3, 0.4) is 0 Å². The SMILES string of the molecule is CN1CCC2(CNC(=O)O2)C1. The van der Waals surface area contributed by atoms with Crippen molar-refractivity contribution in [2.45, 2.75) is 12.0 Å². The van der Waals surface area contributed by atoms with Gasteiger partial charge < -0.3 is 15.0 Å². The molecule has 1 N–H and O–H groups in total. The van der Waals surface area contributed by atoms with Crippen LogP contribution in [0, 0.1) is 0 Å². The Morgan fingerprint density at radius 1 is 1.73 bits per heavy atom. The predicted octanol–water partition coefficient (Wildman–Crippen LogP) is -0.199. The van der Waals surface area contributed by atoms with E-state index < -0.39 is 0 Å². The fraction of sp³-hybridized carbons (Fsp3) is 0.857. The van der Waals surface area contributed by atoms with Gasteiger partial charge in [0.2, 0.25) is 0 Å². The number of ether oxygens (including phenoxy) is 1. The molecule has 2 saturated heterocycles. The van der Waals surface area contributed by atoms with Crippen LogP contribution in [0.1, 0.15) is 6.42 Å². The molecule has 2 heterocycles. The van der Waals surface area contributed by atoms with Crippen molar-refractivity contribution >= 4 is 6.09 Å². The molecule has 4 nitrogen and oxygen atoms in total. The number of likely N-dealkylation sites (N-methyl/N-ethyl adjacent to an activating group) is 1. The molecule has 0 aromatic rings. The maximum absolute atomic E-state index is 10.8. The van der Waals surface area contributed by atoms with Crippen LogP contribution < -0.4 is 5.32 Å². The summed E-state index contributed by atoms with van der Waals surface area (Å²) in [4.78, 5) is 12.9. The minimum absolute atomic E-state index is 0.203. The predicted molar refractivity (Wildman–Crippen MR) is 39.3 cm³/mol. The van der Waals surface area contributed by atoms with Crippen LogP contribution in [0.4, 0.5) is 4.79 Å². The molecule has 2 aliphatic rings. The zero-order valence-corrected chi connectivity index (χ0v) is 6.59. The number of likely N-dealkylation sites (tertiary alicyclic amines) is 1. The minimum Gasteiger partial charge on any atom is -0.440 e. The van der Waals surface area contributed by atoms with Crippen molar-refractivity contribution < 1.29 is 9.53 Å². The van der Waals surface area contributed by atoms with Crippen molar-refractivity contribution in [3.63, 3.8) is 0 Å². The molecule has 2 aliphatic heterocycles. The summed E-state index contributed by atoms with van der Waals surface area (Å²) >= 11 is 0. The monoisotopic (exact) mass is 156 g/mol. The Morgan fingerprint density at radius 2 is 2.55 bits per heavy atom. The van der Waals surface area contributed by atoms with Gasteiger partial charge in [0.05, 0.1) is 6.54 Å². The lowest BCUT2D eigenvalue weighted by Gasteiger charge is -2.19. The third-order valence-electron chi connectivity index (χ3n) is 2.37. The van der Waals surface area contributed by atoms with Crippen LogP contribution in [0.15, 0.2) is 0 Å². The largest absolute Gasteiger partial charge is 0.440 e. The molecular weight excluding hydrogens is 144 g/mol. The number of carbonyl (C=O) groups is 1. The first-order valence-electron chi connectivity index (χ1n) is 3.86. The first-order valence-corrected chi connectivity index (χ1v) is 3.86. The van der Waals surface area contributed by atoms with E-state index in [4.69, 9.17) is 4.74 Å². The molecule has 0 radical (unpaired) electrons. The van der Waals surface area contributed by atoms with Gasteiger partial charge in [-0.15, -0.1) is 0 Å². The van der Waals surface area contributed by atoms with Gasteiger partial charge in [-0.3, -0.25) is 0 Å². The molecule has 1 unspecified atom stereocenters. The van der Waals surface area contributed by atoms with Gasteiger partial charge in [-0.05, 0) is 7.05 Å². The average Bonchev–Trinajstić information content (AvgIpc) is 2.44. The van der Waals surface area contributed by atoms with E-state index in [2.05, 4.69) is 10.2 Å². The molecule has 1 amide bonds. The van der Waals surface area contributed by atoms with Crippen molar-refractivity contribution in [1.82, 2.24) is 10.2 Å². The molecule has 0 aliphatic carbocycles. The van der Waals surface area contributed by atoms with Crippen LogP contribution in [0.5, 0.6) is 0 Å². The Balaban J connectivity index is 2.07. The number of hydrogen-bond acceptors (Lipinski definition) is 3. The number of nitrogens with one attached hydrogen (secondary N) is 1. The van der Waals surface area contributed by atoms with Crippen LogP contribution >= 0.6 is 0 Å². The summed E-state index contributed by atoms with van der Waals surface area (Å²) in [7, 11) is 2.04. The third-order valence-corrected chi connectivity index (χ3v) is 2.37. The summed E-state index contributed by atoms with van der Waals surface area (Å²) in [5.74, 6) is 0. The summed E-state index contributed by atoms with van der Waals surface area (Å²) < 4.78 is 5.19. The van der Waals surface area contributed by atoms with Gasteiger partial charge in [0.15, 0.2) is 0 Å². The topological polar surface area (TPSA) is 41.6 Å². The van der Waals surface area contributed by atoms with Gasteiger partial charge in [-0.2, -0.15) is 0 Å². The fourth-order valence-corrected chi connectivity index (χ4v) is 1.77. The van der Waals surface area contributed by atoms with E-state index in [0.717, 1.165) is 19.5 Å². The number of nitrogens with zero attached hydrogens (tertiary/aromatic N) is 1. The molecule has 1 spiro atoms. The van der Waals surface area contributed by atoms with E-state index >= 15 is 0 Å². The van der Waals surface area contributed by atoms with Crippen molar-refractivity contribution in [2.75, 3.05) is 26.7 Å². The van der Waals surface area contributed by atoms with Gasteiger partial charge in [0.25, 0.3) is 0 Å². The van der Waals surface area contributed by atoms with Gasteiger partial charge in [0.1, 0.15) is 5.60 Å². The zero-order chi connectivity index (χ0) is 7.90. The molecule has 1 atom stereocenters. The van der Waals surface area contributed by atoms with E-state index in [-0.39, 0.29) is 11.7 Å². The summed E-state index contributed by atoms with van der Waals surface area (Å²) in [5, 5.41) is 2.68. The number of rotatable bonds is 0. The standard InChI is InChI=1S/C7H12N2O2/c1-9-3-2-7(5-9)4-8-6(10)11-7/h2-5H2,1H3,(H,8,10). The first kappa shape index (κ1) is 6.91. The first-order chi connectivity index (χ1) is 5.20. The van der Waals surface area contributed by atoms with Crippen LogP contribution in [-0.4, -0.2) is 43.3 Å². The van der Waals surface area contributed by atoms with Crippen LogP contribution in [0.2, 0.25) is 0 Å².